The van der Waals surface area contributed by atoms with Crippen LogP contribution in [-0.4, -0.2) is 11.9 Å². The van der Waals surface area contributed by atoms with Crippen LogP contribution in [0.2, 0.25) is 0 Å². The van der Waals surface area contributed by atoms with Crippen molar-refractivity contribution in [3.63, 3.8) is 0 Å². The van der Waals surface area contributed by atoms with Gasteiger partial charge in [-0.2, -0.15) is 16.6 Å². The summed E-state index contributed by atoms with van der Waals surface area (Å²) in [5, 5.41) is 15.3. The lowest BCUT2D eigenvalue weighted by Gasteiger charge is -2.12. The number of hydrogen-bond donors (Lipinski definition) is 1. The highest BCUT2D eigenvalue weighted by atomic mass is 32.1. The fourth-order valence-electron chi connectivity index (χ4n) is 1.26. The lowest BCUT2D eigenvalue weighted by molar-refractivity contribution is -0.121. The number of nitriles is 1. The summed E-state index contributed by atoms with van der Waals surface area (Å²) >= 11 is 1.58. The van der Waals surface area contributed by atoms with Crippen molar-refractivity contribution in [2.45, 2.75) is 32.2 Å². The molecule has 0 aliphatic carbocycles. The van der Waals surface area contributed by atoms with Gasteiger partial charge in [0.15, 0.2) is 0 Å². The third-order valence-electron chi connectivity index (χ3n) is 2.14. The number of nitrogens with zero attached hydrogens (tertiary/aromatic N) is 1. The molecular formula is C11H14N2OS. The Bertz CT molecular complexity index is 340. The summed E-state index contributed by atoms with van der Waals surface area (Å²) in [5.74, 6) is -0.00417. The fourth-order valence-corrected chi connectivity index (χ4v) is 1.93. The number of carbonyl (C=O) groups is 1. The van der Waals surface area contributed by atoms with Crippen molar-refractivity contribution in [1.29, 1.82) is 5.26 Å². The summed E-state index contributed by atoms with van der Waals surface area (Å²) in [6.07, 6.45) is 1.58. The lowest BCUT2D eigenvalue weighted by atomic mass is 10.1. The maximum Gasteiger partial charge on any atom is 0.224 e. The second-order valence-corrected chi connectivity index (χ2v) is 4.12. The van der Waals surface area contributed by atoms with Crippen molar-refractivity contribution in [2.75, 3.05) is 0 Å². The van der Waals surface area contributed by atoms with Gasteiger partial charge >= 0.3 is 0 Å². The second-order valence-electron chi connectivity index (χ2n) is 3.34. The van der Waals surface area contributed by atoms with E-state index in [9.17, 15) is 4.79 Å². The standard InChI is InChI=1S/C11H14N2OS/c1-2-10(3-5-12)13-11(14)7-9-4-6-15-8-9/h4,6,8,10H,2-3,7H2,1H3,(H,13,14). The Kier molecular flexibility index (Phi) is 4.85. The van der Waals surface area contributed by atoms with Crippen LogP contribution in [0.3, 0.4) is 0 Å². The third-order valence-corrected chi connectivity index (χ3v) is 2.87. The van der Waals surface area contributed by atoms with Gasteiger partial charge < -0.3 is 5.32 Å². The van der Waals surface area contributed by atoms with Crippen LogP contribution in [0.1, 0.15) is 25.3 Å². The van der Waals surface area contributed by atoms with E-state index in [4.69, 9.17) is 5.26 Å². The van der Waals surface area contributed by atoms with Crippen LogP contribution >= 0.6 is 11.3 Å². The van der Waals surface area contributed by atoms with Crippen LogP contribution in [0.5, 0.6) is 0 Å². The van der Waals surface area contributed by atoms with Gasteiger partial charge in [-0.15, -0.1) is 0 Å². The molecule has 0 aliphatic rings. The lowest BCUT2D eigenvalue weighted by Crippen LogP contribution is -2.35. The van der Waals surface area contributed by atoms with E-state index in [1.807, 2.05) is 23.8 Å². The van der Waals surface area contributed by atoms with Gasteiger partial charge in [0.05, 0.1) is 18.9 Å². The minimum atomic E-state index is -0.0128. The molecule has 0 saturated carbocycles. The quantitative estimate of drug-likeness (QED) is 0.829. The molecule has 0 aliphatic heterocycles. The van der Waals surface area contributed by atoms with Crippen molar-refractivity contribution < 1.29 is 4.79 Å². The first-order valence-electron chi connectivity index (χ1n) is 4.93. The molecule has 15 heavy (non-hydrogen) atoms. The molecule has 0 radical (unpaired) electrons. The van der Waals surface area contributed by atoms with E-state index in [1.54, 1.807) is 11.3 Å². The third kappa shape index (κ3) is 4.13. The molecule has 1 N–H and O–H groups in total. The Morgan fingerprint density at radius 2 is 2.53 bits per heavy atom. The molecule has 0 bridgehead atoms. The fraction of sp³-hybridized carbons (Fsp3) is 0.455. The van der Waals surface area contributed by atoms with Gasteiger partial charge in [-0.05, 0) is 28.8 Å². The summed E-state index contributed by atoms with van der Waals surface area (Å²) in [6, 6.07) is 4.00. The summed E-state index contributed by atoms with van der Waals surface area (Å²) in [4.78, 5) is 11.5. The molecule has 1 aromatic rings. The topological polar surface area (TPSA) is 52.9 Å². The zero-order valence-corrected chi connectivity index (χ0v) is 9.51. The van der Waals surface area contributed by atoms with Crippen LogP contribution < -0.4 is 5.32 Å². The van der Waals surface area contributed by atoms with Gasteiger partial charge in [0.25, 0.3) is 0 Å². The first-order valence-corrected chi connectivity index (χ1v) is 5.88. The monoisotopic (exact) mass is 222 g/mol. The molecular weight excluding hydrogens is 208 g/mol. The van der Waals surface area contributed by atoms with Crippen molar-refractivity contribution in [2.24, 2.45) is 0 Å². The number of amides is 1. The van der Waals surface area contributed by atoms with Gasteiger partial charge in [-0.1, -0.05) is 6.92 Å². The van der Waals surface area contributed by atoms with E-state index in [-0.39, 0.29) is 11.9 Å². The van der Waals surface area contributed by atoms with Crippen molar-refractivity contribution in [3.05, 3.63) is 22.4 Å². The zero-order valence-electron chi connectivity index (χ0n) is 8.69. The molecule has 3 nitrogen and oxygen atoms in total. The number of nitrogens with one attached hydrogen (secondary N) is 1. The predicted molar refractivity (Wildman–Crippen MR) is 60.5 cm³/mol. The molecule has 1 rings (SSSR count). The minimum Gasteiger partial charge on any atom is -0.352 e. The van der Waals surface area contributed by atoms with E-state index in [0.717, 1.165) is 12.0 Å². The molecule has 1 aromatic heterocycles. The molecule has 1 atom stereocenters. The minimum absolute atomic E-state index is 0.00417. The molecule has 0 fully saturated rings. The molecule has 0 saturated heterocycles. The van der Waals surface area contributed by atoms with Crippen LogP contribution in [-0.2, 0) is 11.2 Å². The first kappa shape index (κ1) is 11.7. The summed E-state index contributed by atoms with van der Waals surface area (Å²) in [7, 11) is 0. The molecule has 0 aromatic carbocycles. The van der Waals surface area contributed by atoms with Gasteiger partial charge in [0.2, 0.25) is 5.91 Å². The highest BCUT2D eigenvalue weighted by Gasteiger charge is 2.10. The number of thiophene rings is 1. The Labute approximate surface area is 93.7 Å². The first-order chi connectivity index (χ1) is 7.26. The summed E-state index contributed by atoms with van der Waals surface area (Å²) < 4.78 is 0. The smallest absolute Gasteiger partial charge is 0.224 e. The molecule has 1 heterocycles. The Morgan fingerprint density at radius 1 is 1.73 bits per heavy atom. The average molecular weight is 222 g/mol. The number of rotatable bonds is 5. The molecule has 80 valence electrons. The van der Waals surface area contributed by atoms with Crippen molar-refractivity contribution in [3.8, 4) is 6.07 Å². The van der Waals surface area contributed by atoms with E-state index in [2.05, 4.69) is 11.4 Å². The predicted octanol–water partition coefficient (Wildman–Crippen LogP) is 2.10. The van der Waals surface area contributed by atoms with Crippen LogP contribution in [0.25, 0.3) is 0 Å². The maximum atomic E-state index is 11.5. The Morgan fingerprint density at radius 3 is 3.07 bits per heavy atom. The van der Waals surface area contributed by atoms with Gasteiger partial charge in [0, 0.05) is 6.04 Å². The van der Waals surface area contributed by atoms with E-state index in [1.165, 1.54) is 0 Å². The van der Waals surface area contributed by atoms with Gasteiger partial charge in [-0.25, -0.2) is 0 Å². The largest absolute Gasteiger partial charge is 0.352 e. The normalized spacial score (nSPS) is 11.7. The van der Waals surface area contributed by atoms with Crippen molar-refractivity contribution in [1.82, 2.24) is 5.32 Å². The van der Waals surface area contributed by atoms with Crippen molar-refractivity contribution >= 4 is 17.2 Å². The maximum absolute atomic E-state index is 11.5. The van der Waals surface area contributed by atoms with E-state index >= 15 is 0 Å². The van der Waals surface area contributed by atoms with Crippen LogP contribution in [0.4, 0.5) is 0 Å². The Hall–Kier alpha value is -1.34. The van der Waals surface area contributed by atoms with Gasteiger partial charge in [-0.3, -0.25) is 4.79 Å². The molecule has 1 amide bonds. The average Bonchev–Trinajstić information content (AvgIpc) is 2.69. The summed E-state index contributed by atoms with van der Waals surface area (Å²) in [6.45, 7) is 1.97. The highest BCUT2D eigenvalue weighted by molar-refractivity contribution is 7.07. The second kappa shape index (κ2) is 6.20. The van der Waals surface area contributed by atoms with Gasteiger partial charge in [0.1, 0.15) is 0 Å². The molecule has 4 heteroatoms. The van der Waals surface area contributed by atoms with Crippen LogP contribution in [0.15, 0.2) is 16.8 Å². The SMILES string of the molecule is CCC(CC#N)NC(=O)Cc1ccsc1. The number of carbonyl (C=O) groups excluding carboxylic acids is 1. The van der Waals surface area contributed by atoms with Crippen LogP contribution in [0, 0.1) is 11.3 Å². The van der Waals surface area contributed by atoms with E-state index < -0.39 is 0 Å². The van der Waals surface area contributed by atoms with E-state index in [0.29, 0.717) is 12.8 Å². The molecule has 1 unspecified atom stereocenters. The molecule has 0 spiro atoms. The summed E-state index contributed by atoms with van der Waals surface area (Å²) in [5.41, 5.74) is 1.03. The Balaban J connectivity index is 2.38. The number of hydrogen-bond acceptors (Lipinski definition) is 3. The zero-order chi connectivity index (χ0) is 11.1. The highest BCUT2D eigenvalue weighted by Crippen LogP contribution is 2.07.